The number of rotatable bonds is 3. The van der Waals surface area contributed by atoms with Crippen LogP contribution in [0.3, 0.4) is 0 Å². The molecule has 0 amide bonds. The third kappa shape index (κ3) is 2.32. The van der Waals surface area contributed by atoms with Crippen molar-refractivity contribution in [1.82, 2.24) is 10.2 Å². The molecule has 2 aliphatic rings. The van der Waals surface area contributed by atoms with Crippen LogP contribution >= 0.6 is 0 Å². The molecular weight excluding hydrogens is 180 g/mol. The Morgan fingerprint density at radius 3 is 3.21 bits per heavy atom. The minimum Gasteiger partial charge on any atom is -0.377 e. The Balaban J connectivity index is 1.83. The first-order valence-corrected chi connectivity index (χ1v) is 5.34. The Bertz CT molecular complexity index is 193. The fourth-order valence-corrected chi connectivity index (χ4v) is 2.13. The van der Waals surface area contributed by atoms with Gasteiger partial charge >= 0.3 is 0 Å². The molecule has 14 heavy (non-hydrogen) atoms. The first-order chi connectivity index (χ1) is 6.90. The lowest BCUT2D eigenvalue weighted by atomic mass is 10.1. The van der Waals surface area contributed by atoms with Crippen LogP contribution in [0.25, 0.3) is 0 Å². The smallest absolute Gasteiger partial charge is 0.218 e. The van der Waals surface area contributed by atoms with E-state index in [-0.39, 0.29) is 6.04 Å². The highest BCUT2D eigenvalue weighted by Crippen LogP contribution is 2.14. The lowest BCUT2D eigenvalue weighted by molar-refractivity contribution is 0.0605. The third-order valence-corrected chi connectivity index (χ3v) is 2.95. The Morgan fingerprint density at radius 1 is 1.57 bits per heavy atom. The number of nitrogens with zero attached hydrogens (tertiary/aromatic N) is 1. The molecule has 0 saturated carbocycles. The van der Waals surface area contributed by atoms with Crippen molar-refractivity contribution in [1.29, 1.82) is 0 Å². The molecule has 0 aromatic heterocycles. The quantitative estimate of drug-likeness (QED) is 0.665. The van der Waals surface area contributed by atoms with Gasteiger partial charge in [0.1, 0.15) is 0 Å². The molecule has 4 heteroatoms. The summed E-state index contributed by atoms with van der Waals surface area (Å²) in [5, 5.41) is 3.20. The molecule has 0 aromatic carbocycles. The van der Waals surface area contributed by atoms with Gasteiger partial charge in [-0.3, -0.25) is 9.69 Å². The molecule has 2 unspecified atom stereocenters. The molecule has 2 saturated heterocycles. The van der Waals surface area contributed by atoms with Gasteiger partial charge in [-0.05, 0) is 12.8 Å². The highest BCUT2D eigenvalue weighted by atomic mass is 16.5. The van der Waals surface area contributed by atoms with Gasteiger partial charge in [-0.25, -0.2) is 0 Å². The molecule has 2 rings (SSSR count). The average Bonchev–Trinajstić information content (AvgIpc) is 2.71. The van der Waals surface area contributed by atoms with Crippen LogP contribution in [0.1, 0.15) is 12.8 Å². The van der Waals surface area contributed by atoms with Crippen molar-refractivity contribution in [2.45, 2.75) is 25.0 Å². The predicted molar refractivity (Wildman–Crippen MR) is 52.9 cm³/mol. The summed E-state index contributed by atoms with van der Waals surface area (Å²) in [6.07, 6.45) is 4.72. The normalized spacial score (nSPS) is 34.6. The van der Waals surface area contributed by atoms with Crippen LogP contribution in [-0.4, -0.2) is 56.1 Å². The minimum absolute atomic E-state index is 0.0760. The lowest BCUT2D eigenvalue weighted by Crippen LogP contribution is -2.53. The molecule has 2 atom stereocenters. The largest absolute Gasteiger partial charge is 0.377 e. The number of carbonyl (C=O) groups excluding carboxylic acids is 1. The molecule has 2 heterocycles. The summed E-state index contributed by atoms with van der Waals surface area (Å²) >= 11 is 0. The Kier molecular flexibility index (Phi) is 3.50. The van der Waals surface area contributed by atoms with Gasteiger partial charge in [0.25, 0.3) is 0 Å². The molecule has 4 nitrogen and oxygen atoms in total. The van der Waals surface area contributed by atoms with E-state index in [2.05, 4.69) is 16.5 Å². The maximum Gasteiger partial charge on any atom is 0.218 e. The Morgan fingerprint density at radius 2 is 2.50 bits per heavy atom. The summed E-state index contributed by atoms with van der Waals surface area (Å²) in [5.74, 6) is 0. The predicted octanol–water partition coefficient (Wildman–Crippen LogP) is -0.451. The van der Waals surface area contributed by atoms with E-state index in [0.29, 0.717) is 6.10 Å². The fraction of sp³-hybridized carbons (Fsp3) is 0.900. The Labute approximate surface area is 84.6 Å². The standard InChI is InChI=1S/C10H17N2O2/c13-8-9-6-11-3-4-12(9)7-10-2-1-5-14-10/h9-11H,1-7H2. The van der Waals surface area contributed by atoms with Crippen LogP contribution in [0, 0.1) is 0 Å². The van der Waals surface area contributed by atoms with E-state index in [4.69, 9.17) is 4.74 Å². The van der Waals surface area contributed by atoms with E-state index >= 15 is 0 Å². The SMILES string of the molecule is O=[C]C1CNCCN1CC1CCCO1. The molecule has 79 valence electrons. The molecule has 1 radical (unpaired) electrons. The fourth-order valence-electron chi connectivity index (χ4n) is 2.13. The molecule has 2 aliphatic heterocycles. The number of hydrogen-bond donors (Lipinski definition) is 1. The van der Waals surface area contributed by atoms with Crippen molar-refractivity contribution in [2.24, 2.45) is 0 Å². The van der Waals surface area contributed by atoms with Crippen molar-refractivity contribution in [3.05, 3.63) is 0 Å². The van der Waals surface area contributed by atoms with Gasteiger partial charge in [-0.1, -0.05) is 0 Å². The summed E-state index contributed by atoms with van der Waals surface area (Å²) in [6.45, 7) is 4.40. The second-order valence-electron chi connectivity index (χ2n) is 3.97. The van der Waals surface area contributed by atoms with Gasteiger partial charge < -0.3 is 10.1 Å². The maximum atomic E-state index is 10.7. The summed E-state index contributed by atoms with van der Waals surface area (Å²) in [4.78, 5) is 12.9. The minimum atomic E-state index is -0.0760. The second kappa shape index (κ2) is 4.87. The van der Waals surface area contributed by atoms with E-state index in [9.17, 15) is 4.79 Å². The highest BCUT2D eigenvalue weighted by Gasteiger charge is 2.26. The van der Waals surface area contributed by atoms with Crippen LogP contribution in [0.15, 0.2) is 0 Å². The van der Waals surface area contributed by atoms with Crippen LogP contribution in [0.2, 0.25) is 0 Å². The number of hydrogen-bond acceptors (Lipinski definition) is 4. The number of ether oxygens (including phenoxy) is 1. The third-order valence-electron chi connectivity index (χ3n) is 2.95. The van der Waals surface area contributed by atoms with Gasteiger partial charge in [0.2, 0.25) is 6.29 Å². The zero-order valence-corrected chi connectivity index (χ0v) is 8.37. The van der Waals surface area contributed by atoms with Gasteiger partial charge in [-0.2, -0.15) is 0 Å². The molecule has 0 bridgehead atoms. The van der Waals surface area contributed by atoms with Crippen LogP contribution in [0.4, 0.5) is 0 Å². The zero-order valence-electron chi connectivity index (χ0n) is 8.37. The average molecular weight is 197 g/mol. The summed E-state index contributed by atoms with van der Waals surface area (Å²) in [5.41, 5.74) is 0. The highest BCUT2D eigenvalue weighted by molar-refractivity contribution is 5.59. The first kappa shape index (κ1) is 10.1. The zero-order chi connectivity index (χ0) is 9.80. The van der Waals surface area contributed by atoms with Gasteiger partial charge in [0, 0.05) is 32.8 Å². The molecule has 0 aliphatic carbocycles. The van der Waals surface area contributed by atoms with Crippen molar-refractivity contribution in [2.75, 3.05) is 32.8 Å². The van der Waals surface area contributed by atoms with E-state index in [1.807, 2.05) is 0 Å². The number of nitrogens with one attached hydrogen (secondary N) is 1. The summed E-state index contributed by atoms with van der Waals surface area (Å²) < 4.78 is 5.56. The van der Waals surface area contributed by atoms with Crippen LogP contribution in [0.5, 0.6) is 0 Å². The van der Waals surface area contributed by atoms with Gasteiger partial charge in [-0.15, -0.1) is 0 Å². The van der Waals surface area contributed by atoms with E-state index in [0.717, 1.165) is 45.6 Å². The van der Waals surface area contributed by atoms with E-state index in [1.54, 1.807) is 0 Å². The monoisotopic (exact) mass is 197 g/mol. The second-order valence-corrected chi connectivity index (χ2v) is 3.97. The number of piperazine rings is 1. The molecular formula is C10H17N2O2. The first-order valence-electron chi connectivity index (χ1n) is 5.34. The van der Waals surface area contributed by atoms with Crippen molar-refractivity contribution >= 4 is 6.29 Å². The van der Waals surface area contributed by atoms with Gasteiger partial charge in [0.15, 0.2) is 0 Å². The molecule has 0 aromatic rings. The molecule has 1 N–H and O–H groups in total. The lowest BCUT2D eigenvalue weighted by Gasteiger charge is -2.33. The Hall–Kier alpha value is -0.450. The molecule has 2 fully saturated rings. The van der Waals surface area contributed by atoms with E-state index < -0.39 is 0 Å². The van der Waals surface area contributed by atoms with Crippen molar-refractivity contribution < 1.29 is 9.53 Å². The maximum absolute atomic E-state index is 10.7. The summed E-state index contributed by atoms with van der Waals surface area (Å²) in [7, 11) is 0. The van der Waals surface area contributed by atoms with Crippen LogP contribution < -0.4 is 5.32 Å². The van der Waals surface area contributed by atoms with E-state index in [1.165, 1.54) is 0 Å². The molecule has 0 spiro atoms. The summed E-state index contributed by atoms with van der Waals surface area (Å²) in [6, 6.07) is -0.0760. The van der Waals surface area contributed by atoms with Crippen molar-refractivity contribution in [3.8, 4) is 0 Å². The van der Waals surface area contributed by atoms with Gasteiger partial charge in [0.05, 0.1) is 12.1 Å². The van der Waals surface area contributed by atoms with Crippen LogP contribution in [-0.2, 0) is 9.53 Å². The van der Waals surface area contributed by atoms with Crippen molar-refractivity contribution in [3.63, 3.8) is 0 Å². The topological polar surface area (TPSA) is 41.6 Å².